The first-order valence-corrected chi connectivity index (χ1v) is 9.33. The fourth-order valence-electron chi connectivity index (χ4n) is 3.15. The van der Waals surface area contributed by atoms with Gasteiger partial charge in [0.15, 0.2) is 0 Å². The number of fused-ring (bicyclic) bond motifs is 1. The summed E-state index contributed by atoms with van der Waals surface area (Å²) in [5.41, 5.74) is 3.39. The van der Waals surface area contributed by atoms with E-state index in [4.69, 9.17) is 11.6 Å². The number of rotatable bonds is 6. The number of nitrogens with one attached hydrogen (secondary N) is 3. The summed E-state index contributed by atoms with van der Waals surface area (Å²) in [7, 11) is 3.79. The Morgan fingerprint density at radius 3 is 2.61 bits per heavy atom. The van der Waals surface area contributed by atoms with E-state index in [9.17, 15) is 9.59 Å². The van der Waals surface area contributed by atoms with Crippen LogP contribution in [0, 0.1) is 0 Å². The first-order valence-electron chi connectivity index (χ1n) is 8.95. The van der Waals surface area contributed by atoms with Crippen molar-refractivity contribution in [2.24, 2.45) is 0 Å². The lowest BCUT2D eigenvalue weighted by Crippen LogP contribution is -2.44. The van der Waals surface area contributed by atoms with Crippen molar-refractivity contribution in [3.8, 4) is 0 Å². The Kier molecular flexibility index (Phi) is 5.90. The highest BCUT2D eigenvalue weighted by Crippen LogP contribution is 2.27. The van der Waals surface area contributed by atoms with Gasteiger partial charge in [0.05, 0.1) is 10.7 Å². The van der Waals surface area contributed by atoms with Crippen molar-refractivity contribution >= 4 is 45.7 Å². The van der Waals surface area contributed by atoms with Crippen molar-refractivity contribution in [2.75, 3.05) is 24.3 Å². The lowest BCUT2D eigenvalue weighted by Gasteiger charge is -2.19. The summed E-state index contributed by atoms with van der Waals surface area (Å²) in [6, 6.07) is 12.5. The molecule has 0 spiro atoms. The van der Waals surface area contributed by atoms with Crippen LogP contribution in [0.4, 0.5) is 11.4 Å². The highest BCUT2D eigenvalue weighted by Gasteiger charge is 2.22. The van der Waals surface area contributed by atoms with Crippen LogP contribution in [0.1, 0.15) is 12.5 Å². The fraction of sp³-hybridized carbons (Fsp3) is 0.238. The fourth-order valence-corrected chi connectivity index (χ4v) is 3.50. The number of anilines is 2. The highest BCUT2D eigenvalue weighted by molar-refractivity contribution is 6.33. The number of aromatic amines is 1. The van der Waals surface area contributed by atoms with Crippen molar-refractivity contribution < 1.29 is 9.59 Å². The summed E-state index contributed by atoms with van der Waals surface area (Å²) in [6.07, 6.45) is 2.24. The molecule has 28 heavy (non-hydrogen) atoms. The molecule has 3 rings (SSSR count). The number of benzene rings is 2. The van der Waals surface area contributed by atoms with E-state index >= 15 is 0 Å². The van der Waals surface area contributed by atoms with Crippen molar-refractivity contribution in [3.05, 3.63) is 59.2 Å². The van der Waals surface area contributed by atoms with Gasteiger partial charge in [-0.3, -0.25) is 9.59 Å². The summed E-state index contributed by atoms with van der Waals surface area (Å²) in [5.74, 6) is -0.560. The predicted octanol–water partition coefficient (Wildman–Crippen LogP) is 3.57. The smallest absolute Gasteiger partial charge is 0.247 e. The van der Waals surface area contributed by atoms with E-state index in [2.05, 4.69) is 15.6 Å². The first kappa shape index (κ1) is 19.8. The molecular formula is C21H23ClN4O2. The zero-order valence-corrected chi connectivity index (χ0v) is 16.8. The standard InChI is InChI=1S/C21H23ClN4O2/c1-13(27)24-19(10-14-12-23-18-7-5-4-6-16(14)18)21(28)25-15-8-9-20(26(2)3)17(22)11-15/h4-9,11-12,19,23H,10H2,1-3H3,(H,24,27)(H,25,28). The Morgan fingerprint density at radius 1 is 1.18 bits per heavy atom. The molecule has 2 aromatic carbocycles. The van der Waals surface area contributed by atoms with E-state index in [1.807, 2.05) is 55.5 Å². The second-order valence-electron chi connectivity index (χ2n) is 6.87. The van der Waals surface area contributed by atoms with Gasteiger partial charge in [-0.15, -0.1) is 0 Å². The summed E-state index contributed by atoms with van der Waals surface area (Å²) in [5, 5.41) is 7.16. The lowest BCUT2D eigenvalue weighted by molar-refractivity contribution is -0.125. The second kappa shape index (κ2) is 8.35. The minimum Gasteiger partial charge on any atom is -0.376 e. The highest BCUT2D eigenvalue weighted by atomic mass is 35.5. The van der Waals surface area contributed by atoms with Gasteiger partial charge in [-0.25, -0.2) is 0 Å². The molecule has 0 saturated heterocycles. The molecule has 1 heterocycles. The molecule has 6 nitrogen and oxygen atoms in total. The van der Waals surface area contributed by atoms with E-state index in [1.165, 1.54) is 6.92 Å². The second-order valence-corrected chi connectivity index (χ2v) is 7.27. The van der Waals surface area contributed by atoms with Crippen LogP contribution in [-0.4, -0.2) is 36.9 Å². The molecule has 0 fully saturated rings. The van der Waals surface area contributed by atoms with Gasteiger partial charge in [0.25, 0.3) is 0 Å². The number of H-pyrrole nitrogens is 1. The van der Waals surface area contributed by atoms with Gasteiger partial charge >= 0.3 is 0 Å². The molecule has 0 aliphatic heterocycles. The van der Waals surface area contributed by atoms with Crippen LogP contribution in [0.15, 0.2) is 48.7 Å². The molecule has 0 radical (unpaired) electrons. The Morgan fingerprint density at radius 2 is 1.93 bits per heavy atom. The van der Waals surface area contributed by atoms with Gasteiger partial charge in [-0.2, -0.15) is 0 Å². The van der Waals surface area contributed by atoms with E-state index in [-0.39, 0.29) is 11.8 Å². The first-order chi connectivity index (χ1) is 13.3. The van der Waals surface area contributed by atoms with E-state index in [0.29, 0.717) is 17.1 Å². The van der Waals surface area contributed by atoms with Crippen molar-refractivity contribution in [1.29, 1.82) is 0 Å². The number of nitrogens with zero attached hydrogens (tertiary/aromatic N) is 1. The van der Waals surface area contributed by atoms with Gasteiger partial charge in [-0.05, 0) is 29.8 Å². The number of hydrogen-bond donors (Lipinski definition) is 3. The van der Waals surface area contributed by atoms with E-state index in [1.54, 1.807) is 12.1 Å². The van der Waals surface area contributed by atoms with Gasteiger partial charge in [0, 0.05) is 50.2 Å². The van der Waals surface area contributed by atoms with Crippen LogP contribution >= 0.6 is 11.6 Å². The number of carbonyl (C=O) groups excluding carboxylic acids is 2. The molecule has 3 N–H and O–H groups in total. The lowest BCUT2D eigenvalue weighted by atomic mass is 10.0. The van der Waals surface area contributed by atoms with Gasteiger partial charge in [0.1, 0.15) is 6.04 Å². The van der Waals surface area contributed by atoms with Crippen molar-refractivity contribution in [2.45, 2.75) is 19.4 Å². The molecule has 0 saturated carbocycles. The molecule has 3 aromatic rings. The molecule has 1 aromatic heterocycles. The number of hydrogen-bond acceptors (Lipinski definition) is 3. The Labute approximate surface area is 168 Å². The van der Waals surface area contributed by atoms with Gasteiger partial charge in [0.2, 0.25) is 11.8 Å². The third-order valence-corrected chi connectivity index (χ3v) is 4.79. The number of carbonyl (C=O) groups is 2. The third kappa shape index (κ3) is 4.46. The predicted molar refractivity (Wildman–Crippen MR) is 114 cm³/mol. The zero-order valence-electron chi connectivity index (χ0n) is 16.0. The van der Waals surface area contributed by atoms with Crippen LogP contribution < -0.4 is 15.5 Å². The molecule has 0 aliphatic carbocycles. The number of halogens is 1. The van der Waals surface area contributed by atoms with Crippen molar-refractivity contribution in [3.63, 3.8) is 0 Å². The third-order valence-electron chi connectivity index (χ3n) is 4.49. The van der Waals surface area contributed by atoms with Crippen LogP contribution in [-0.2, 0) is 16.0 Å². The van der Waals surface area contributed by atoms with Crippen LogP contribution in [0.5, 0.6) is 0 Å². The largest absolute Gasteiger partial charge is 0.376 e. The van der Waals surface area contributed by atoms with Crippen LogP contribution in [0.2, 0.25) is 5.02 Å². The normalized spacial score (nSPS) is 11.9. The minimum absolute atomic E-state index is 0.263. The molecule has 146 valence electrons. The average Bonchev–Trinajstić information content (AvgIpc) is 3.03. The Balaban J connectivity index is 1.80. The molecule has 1 unspecified atom stereocenters. The molecule has 1 atom stereocenters. The maximum Gasteiger partial charge on any atom is 0.247 e. The quantitative estimate of drug-likeness (QED) is 0.594. The Hall–Kier alpha value is -2.99. The number of amides is 2. The molecule has 0 bridgehead atoms. The zero-order chi connectivity index (χ0) is 20.3. The van der Waals surface area contributed by atoms with Gasteiger partial charge < -0.3 is 20.5 Å². The number of aromatic nitrogens is 1. The molecule has 0 aliphatic rings. The van der Waals surface area contributed by atoms with Crippen LogP contribution in [0.25, 0.3) is 10.9 Å². The summed E-state index contributed by atoms with van der Waals surface area (Å²) in [4.78, 5) is 29.6. The maximum absolute atomic E-state index is 12.9. The number of para-hydroxylation sites is 1. The van der Waals surface area contributed by atoms with Gasteiger partial charge in [-0.1, -0.05) is 29.8 Å². The summed E-state index contributed by atoms with van der Waals surface area (Å²) >= 11 is 6.29. The SMILES string of the molecule is CC(=O)NC(Cc1c[nH]c2ccccc12)C(=O)Nc1ccc(N(C)C)c(Cl)c1. The molecule has 7 heteroatoms. The van der Waals surface area contributed by atoms with E-state index < -0.39 is 6.04 Å². The Bertz CT molecular complexity index is 1010. The monoisotopic (exact) mass is 398 g/mol. The summed E-state index contributed by atoms with van der Waals surface area (Å²) in [6.45, 7) is 1.40. The molecular weight excluding hydrogens is 376 g/mol. The minimum atomic E-state index is -0.705. The average molecular weight is 399 g/mol. The topological polar surface area (TPSA) is 77.2 Å². The maximum atomic E-state index is 12.9. The van der Waals surface area contributed by atoms with Crippen molar-refractivity contribution in [1.82, 2.24) is 10.3 Å². The molecule has 2 amide bonds. The van der Waals surface area contributed by atoms with E-state index in [0.717, 1.165) is 22.2 Å². The summed E-state index contributed by atoms with van der Waals surface area (Å²) < 4.78 is 0. The van der Waals surface area contributed by atoms with Crippen LogP contribution in [0.3, 0.4) is 0 Å².